The highest BCUT2D eigenvalue weighted by molar-refractivity contribution is 5.70. The maximum atomic E-state index is 12.4. The highest BCUT2D eigenvalue weighted by Gasteiger charge is 2.16. The van der Waals surface area contributed by atoms with Crippen molar-refractivity contribution in [3.8, 4) is 0 Å². The van der Waals surface area contributed by atoms with Gasteiger partial charge in [-0.2, -0.15) is 0 Å². The molecule has 0 radical (unpaired) electrons. The van der Waals surface area contributed by atoms with Crippen molar-refractivity contribution in [2.45, 2.75) is 290 Å². The molecule has 0 saturated heterocycles. The Balaban J connectivity index is 3.58. The summed E-state index contributed by atoms with van der Waals surface area (Å²) < 4.78 is 10.7. The number of aliphatic hydroxyl groups is 1. The molecule has 0 bridgehead atoms. The highest BCUT2D eigenvalue weighted by atomic mass is 16.6. The van der Waals surface area contributed by atoms with Crippen LogP contribution in [0, 0.1) is 0 Å². The first-order valence-corrected chi connectivity index (χ1v) is 35.6. The predicted molar refractivity (Wildman–Crippen MR) is 389 cm³/mol. The van der Waals surface area contributed by atoms with E-state index in [-0.39, 0.29) is 25.2 Å². The maximum absolute atomic E-state index is 12.4. The fraction of sp³-hybridized carbons (Fsp3) is 0.566. The van der Waals surface area contributed by atoms with E-state index in [0.29, 0.717) is 12.8 Å². The van der Waals surface area contributed by atoms with Crippen LogP contribution in [0.2, 0.25) is 0 Å². The molecule has 0 spiro atoms. The standard InChI is InChI=1S/C83H130O5/c1-3-5-7-9-11-13-15-17-19-21-23-25-27-29-31-33-35-37-39-40-41-42-44-45-47-49-51-53-55-57-59-61-63-65-67-69-71-73-75-77-82(85)87-80-81(79-84)88-83(86)78-76-74-72-70-68-66-64-62-60-58-56-54-52-50-48-46-43-38-36-34-32-30-28-26-24-22-20-18-16-14-12-10-8-6-4-2/h5-8,11-14,17-20,23-26,29-32,35-38,40-41,44-46,48,52,54,58,60,81,84H,3-4,9-10,15-16,21-22,27-28,33-34,39,42-43,47,49-51,53,55-57,59,61-80H2,1-2H3/b7-5-,8-6-,13-11-,14-12-,19-17-,20-18-,25-23-,26-24-,31-29-,32-30-,37-35-,38-36-,41-40-,45-44-,48-46-,54-52-,60-58-. The Bertz CT molecular complexity index is 2050. The first-order valence-electron chi connectivity index (χ1n) is 35.6. The fourth-order valence-corrected chi connectivity index (χ4v) is 9.33. The molecule has 0 saturated carbocycles. The first-order chi connectivity index (χ1) is 43.6. The fourth-order valence-electron chi connectivity index (χ4n) is 9.33. The number of allylic oxidation sites excluding steroid dienone is 34. The topological polar surface area (TPSA) is 72.8 Å². The van der Waals surface area contributed by atoms with E-state index < -0.39 is 6.10 Å². The van der Waals surface area contributed by atoms with Crippen molar-refractivity contribution < 1.29 is 24.2 Å². The Kier molecular flexibility index (Phi) is 71.0. The third kappa shape index (κ3) is 73.0. The molecule has 0 aromatic rings. The molecule has 5 heteroatoms. The number of ether oxygens (including phenoxy) is 2. The lowest BCUT2D eigenvalue weighted by atomic mass is 10.0. The Hall–Kier alpha value is -5.52. The molecular formula is C83H130O5. The third-order valence-corrected chi connectivity index (χ3v) is 14.6. The van der Waals surface area contributed by atoms with E-state index in [2.05, 4.69) is 220 Å². The van der Waals surface area contributed by atoms with Gasteiger partial charge in [0.05, 0.1) is 6.61 Å². The van der Waals surface area contributed by atoms with Crippen LogP contribution in [0.25, 0.3) is 0 Å². The van der Waals surface area contributed by atoms with Gasteiger partial charge in [0.1, 0.15) is 6.61 Å². The second-order valence-electron chi connectivity index (χ2n) is 22.8. The van der Waals surface area contributed by atoms with Crippen LogP contribution < -0.4 is 0 Å². The Morgan fingerprint density at radius 1 is 0.261 bits per heavy atom. The van der Waals surface area contributed by atoms with E-state index in [1.165, 1.54) is 103 Å². The first kappa shape index (κ1) is 82.5. The van der Waals surface area contributed by atoms with Crippen LogP contribution in [0.3, 0.4) is 0 Å². The molecule has 0 rings (SSSR count). The maximum Gasteiger partial charge on any atom is 0.306 e. The smallest absolute Gasteiger partial charge is 0.306 e. The van der Waals surface area contributed by atoms with Gasteiger partial charge >= 0.3 is 11.9 Å². The SMILES string of the molecule is CC/C=C\C/C=C\C/C=C\C/C=C\C/C=C\C/C=C\C/C=C\C/C=C\C/C=C\CCCCCCCCCC(=O)OC(CO)COC(=O)CCCCCCCCCCCCCCCC/C=C\C/C=C\C/C=C\C/C=C\C/C=C\C/C=C\C/C=C\C/C=C\CC. The summed E-state index contributed by atoms with van der Waals surface area (Å²) >= 11 is 0. The van der Waals surface area contributed by atoms with Crippen LogP contribution in [0.5, 0.6) is 0 Å². The van der Waals surface area contributed by atoms with Crippen LogP contribution >= 0.6 is 0 Å². The number of hydrogen-bond acceptors (Lipinski definition) is 5. The summed E-state index contributed by atoms with van der Waals surface area (Å²) in [6, 6.07) is 0. The van der Waals surface area contributed by atoms with Crippen molar-refractivity contribution in [2.75, 3.05) is 13.2 Å². The van der Waals surface area contributed by atoms with E-state index in [4.69, 9.17) is 9.47 Å². The zero-order valence-electron chi connectivity index (χ0n) is 56.4. The summed E-state index contributed by atoms with van der Waals surface area (Å²) in [4.78, 5) is 24.7. The Morgan fingerprint density at radius 2 is 0.455 bits per heavy atom. The van der Waals surface area contributed by atoms with Crippen LogP contribution in [0.15, 0.2) is 207 Å². The van der Waals surface area contributed by atoms with Gasteiger partial charge < -0.3 is 14.6 Å². The molecule has 88 heavy (non-hydrogen) atoms. The van der Waals surface area contributed by atoms with Gasteiger partial charge in [-0.15, -0.1) is 0 Å². The minimum absolute atomic E-state index is 0.0821. The minimum Gasteiger partial charge on any atom is -0.462 e. The monoisotopic (exact) mass is 1210 g/mol. The molecule has 1 N–H and O–H groups in total. The molecular weight excluding hydrogens is 1080 g/mol. The summed E-state index contributed by atoms with van der Waals surface area (Å²) in [5.41, 5.74) is 0. The van der Waals surface area contributed by atoms with E-state index in [9.17, 15) is 14.7 Å². The van der Waals surface area contributed by atoms with Gasteiger partial charge in [-0.25, -0.2) is 0 Å². The number of carbonyl (C=O) groups is 2. The van der Waals surface area contributed by atoms with Gasteiger partial charge in [-0.3, -0.25) is 9.59 Å². The molecule has 0 aliphatic rings. The van der Waals surface area contributed by atoms with Crippen LogP contribution in [0.1, 0.15) is 284 Å². The van der Waals surface area contributed by atoms with Crippen molar-refractivity contribution >= 4 is 11.9 Å². The second kappa shape index (κ2) is 75.7. The number of aliphatic hydroxyl groups excluding tert-OH is 1. The zero-order valence-corrected chi connectivity index (χ0v) is 56.4. The molecule has 1 atom stereocenters. The van der Waals surface area contributed by atoms with Crippen molar-refractivity contribution in [3.05, 3.63) is 207 Å². The summed E-state index contributed by atoms with van der Waals surface area (Å²) in [5.74, 6) is -0.612. The van der Waals surface area contributed by atoms with Gasteiger partial charge in [0.15, 0.2) is 6.10 Å². The van der Waals surface area contributed by atoms with Crippen LogP contribution in [0.4, 0.5) is 0 Å². The molecule has 0 aromatic carbocycles. The van der Waals surface area contributed by atoms with Gasteiger partial charge in [-0.05, 0) is 148 Å². The van der Waals surface area contributed by atoms with E-state index in [1.807, 2.05) is 0 Å². The largest absolute Gasteiger partial charge is 0.462 e. The minimum atomic E-state index is -0.795. The number of unbranched alkanes of at least 4 members (excludes halogenated alkanes) is 21. The average molecular weight is 1210 g/mol. The van der Waals surface area contributed by atoms with Gasteiger partial charge in [0.25, 0.3) is 0 Å². The lowest BCUT2D eigenvalue weighted by Gasteiger charge is -2.15. The van der Waals surface area contributed by atoms with Crippen LogP contribution in [-0.4, -0.2) is 36.4 Å². The number of hydrogen-bond donors (Lipinski definition) is 1. The molecule has 0 amide bonds. The lowest BCUT2D eigenvalue weighted by Crippen LogP contribution is -2.28. The molecule has 0 fully saturated rings. The van der Waals surface area contributed by atoms with Crippen molar-refractivity contribution in [2.24, 2.45) is 0 Å². The predicted octanol–water partition coefficient (Wildman–Crippen LogP) is 25.3. The highest BCUT2D eigenvalue weighted by Crippen LogP contribution is 2.16. The molecule has 0 aliphatic heterocycles. The molecule has 1 unspecified atom stereocenters. The van der Waals surface area contributed by atoms with Crippen LogP contribution in [-0.2, 0) is 19.1 Å². The van der Waals surface area contributed by atoms with Gasteiger partial charge in [0.2, 0.25) is 0 Å². The molecule has 5 nitrogen and oxygen atoms in total. The summed E-state index contributed by atoms with van der Waals surface area (Å²) in [7, 11) is 0. The van der Waals surface area contributed by atoms with E-state index in [1.54, 1.807) is 0 Å². The summed E-state index contributed by atoms with van der Waals surface area (Å²) in [6.45, 7) is 3.90. The van der Waals surface area contributed by atoms with Crippen molar-refractivity contribution in [1.82, 2.24) is 0 Å². The van der Waals surface area contributed by atoms with E-state index >= 15 is 0 Å². The van der Waals surface area contributed by atoms with Gasteiger partial charge in [0, 0.05) is 12.8 Å². The third-order valence-electron chi connectivity index (χ3n) is 14.6. The van der Waals surface area contributed by atoms with Gasteiger partial charge in [-0.1, -0.05) is 330 Å². The average Bonchev–Trinajstić information content (AvgIpc) is 3.54. The second-order valence-corrected chi connectivity index (χ2v) is 22.8. The number of carbonyl (C=O) groups excluding carboxylic acids is 2. The molecule has 0 aliphatic carbocycles. The van der Waals surface area contributed by atoms with Crippen molar-refractivity contribution in [1.29, 1.82) is 0 Å². The summed E-state index contributed by atoms with van der Waals surface area (Å²) in [5, 5.41) is 9.71. The Morgan fingerprint density at radius 3 is 0.682 bits per heavy atom. The molecule has 492 valence electrons. The lowest BCUT2D eigenvalue weighted by molar-refractivity contribution is -0.161. The number of esters is 2. The molecule has 0 heterocycles. The number of rotatable bonds is 63. The van der Waals surface area contributed by atoms with E-state index in [0.717, 1.165) is 154 Å². The summed E-state index contributed by atoms with van der Waals surface area (Å²) in [6.07, 6.45) is 121. The zero-order chi connectivity index (χ0) is 63.3. The van der Waals surface area contributed by atoms with Crippen molar-refractivity contribution in [3.63, 3.8) is 0 Å². The Labute approximate surface area is 542 Å². The molecule has 0 aromatic heterocycles. The normalized spacial score (nSPS) is 13.5. The quantitative estimate of drug-likeness (QED) is 0.0373.